The van der Waals surface area contributed by atoms with Crippen LogP contribution in [0.4, 0.5) is 9.59 Å². The highest BCUT2D eigenvalue weighted by Crippen LogP contribution is 2.08. The van der Waals surface area contributed by atoms with Gasteiger partial charge < -0.3 is 30.7 Å². The SMILES string of the molecule is CNCCCCNC(=O)C(CCCNC(=O)OCc1ccccc1)NC(=O)OC(C)(C)C. The summed E-state index contributed by atoms with van der Waals surface area (Å²) in [5, 5.41) is 11.2. The Labute approximate surface area is 191 Å². The van der Waals surface area contributed by atoms with E-state index in [1.807, 2.05) is 37.4 Å². The lowest BCUT2D eigenvalue weighted by Crippen LogP contribution is -2.48. The van der Waals surface area contributed by atoms with E-state index in [0.717, 1.165) is 24.9 Å². The Morgan fingerprint density at radius 3 is 2.22 bits per heavy atom. The van der Waals surface area contributed by atoms with Crippen molar-refractivity contribution >= 4 is 18.1 Å². The molecule has 9 nitrogen and oxygen atoms in total. The summed E-state index contributed by atoms with van der Waals surface area (Å²) in [7, 11) is 1.88. The van der Waals surface area contributed by atoms with Gasteiger partial charge in [-0.2, -0.15) is 0 Å². The number of hydrogen-bond acceptors (Lipinski definition) is 6. The third-order valence-corrected chi connectivity index (χ3v) is 4.31. The van der Waals surface area contributed by atoms with E-state index < -0.39 is 23.8 Å². The van der Waals surface area contributed by atoms with E-state index in [2.05, 4.69) is 21.3 Å². The molecule has 0 bridgehead atoms. The molecule has 0 fully saturated rings. The fourth-order valence-corrected chi connectivity index (χ4v) is 2.75. The van der Waals surface area contributed by atoms with Crippen molar-refractivity contribution in [1.29, 1.82) is 0 Å². The van der Waals surface area contributed by atoms with Crippen molar-refractivity contribution in [2.75, 3.05) is 26.7 Å². The molecule has 1 atom stereocenters. The Morgan fingerprint density at radius 1 is 0.906 bits per heavy atom. The van der Waals surface area contributed by atoms with Crippen LogP contribution in [0.1, 0.15) is 52.0 Å². The average molecular weight is 451 g/mol. The molecule has 0 aliphatic carbocycles. The van der Waals surface area contributed by atoms with Crippen LogP contribution in [0.2, 0.25) is 0 Å². The number of alkyl carbamates (subject to hydrolysis) is 2. The zero-order valence-electron chi connectivity index (χ0n) is 19.7. The number of carbonyl (C=O) groups excluding carboxylic acids is 3. The summed E-state index contributed by atoms with van der Waals surface area (Å²) in [5.41, 5.74) is 0.234. The van der Waals surface area contributed by atoms with Crippen LogP contribution in [0.3, 0.4) is 0 Å². The molecule has 4 N–H and O–H groups in total. The van der Waals surface area contributed by atoms with Crippen LogP contribution in [0.25, 0.3) is 0 Å². The highest BCUT2D eigenvalue weighted by molar-refractivity contribution is 5.85. The summed E-state index contributed by atoms with van der Waals surface area (Å²) in [4.78, 5) is 36.5. The van der Waals surface area contributed by atoms with E-state index >= 15 is 0 Å². The summed E-state index contributed by atoms with van der Waals surface area (Å²) in [6, 6.07) is 8.63. The lowest BCUT2D eigenvalue weighted by molar-refractivity contribution is -0.123. The van der Waals surface area contributed by atoms with Gasteiger partial charge in [0.1, 0.15) is 18.2 Å². The first-order valence-electron chi connectivity index (χ1n) is 11.1. The molecule has 180 valence electrons. The zero-order chi connectivity index (χ0) is 23.8. The normalized spacial score (nSPS) is 11.9. The van der Waals surface area contributed by atoms with Crippen molar-refractivity contribution in [3.8, 4) is 0 Å². The third kappa shape index (κ3) is 13.5. The van der Waals surface area contributed by atoms with Crippen LogP contribution in [0.5, 0.6) is 0 Å². The molecule has 1 unspecified atom stereocenters. The van der Waals surface area contributed by atoms with Crippen LogP contribution >= 0.6 is 0 Å². The molecule has 0 aromatic heterocycles. The van der Waals surface area contributed by atoms with Gasteiger partial charge in [-0.05, 0) is 65.6 Å². The van der Waals surface area contributed by atoms with E-state index in [0.29, 0.717) is 25.9 Å². The van der Waals surface area contributed by atoms with Gasteiger partial charge in [0.2, 0.25) is 5.91 Å². The van der Waals surface area contributed by atoms with Crippen molar-refractivity contribution in [2.45, 2.75) is 64.7 Å². The molecule has 3 amide bonds. The Kier molecular flexibility index (Phi) is 12.8. The largest absolute Gasteiger partial charge is 0.445 e. The molecule has 9 heteroatoms. The summed E-state index contributed by atoms with van der Waals surface area (Å²) in [5.74, 6) is -0.271. The second-order valence-corrected chi connectivity index (χ2v) is 8.43. The van der Waals surface area contributed by atoms with Crippen molar-refractivity contribution in [3.63, 3.8) is 0 Å². The Balaban J connectivity index is 2.43. The second-order valence-electron chi connectivity index (χ2n) is 8.43. The Hall–Kier alpha value is -2.81. The number of carbonyl (C=O) groups is 3. The highest BCUT2D eigenvalue weighted by Gasteiger charge is 2.24. The van der Waals surface area contributed by atoms with Gasteiger partial charge in [-0.25, -0.2) is 9.59 Å². The van der Waals surface area contributed by atoms with E-state index in [-0.39, 0.29) is 12.5 Å². The van der Waals surface area contributed by atoms with Crippen LogP contribution in [0.15, 0.2) is 30.3 Å². The molecule has 0 aliphatic rings. The maximum Gasteiger partial charge on any atom is 0.408 e. The number of hydrogen-bond donors (Lipinski definition) is 4. The van der Waals surface area contributed by atoms with Crippen LogP contribution in [-0.4, -0.2) is 56.4 Å². The maximum atomic E-state index is 12.6. The predicted octanol–water partition coefficient (Wildman–Crippen LogP) is 2.70. The fraction of sp³-hybridized carbons (Fsp3) is 0.609. The van der Waals surface area contributed by atoms with Gasteiger partial charge in [-0.15, -0.1) is 0 Å². The van der Waals surface area contributed by atoms with Crippen molar-refractivity contribution in [3.05, 3.63) is 35.9 Å². The second kappa shape index (κ2) is 15.1. The average Bonchev–Trinajstić information content (AvgIpc) is 2.73. The Morgan fingerprint density at radius 2 is 1.56 bits per heavy atom. The van der Waals surface area contributed by atoms with Gasteiger partial charge in [-0.1, -0.05) is 30.3 Å². The molecule has 0 radical (unpaired) electrons. The molecular weight excluding hydrogens is 412 g/mol. The molecule has 1 rings (SSSR count). The first-order valence-corrected chi connectivity index (χ1v) is 11.1. The number of rotatable bonds is 13. The first-order chi connectivity index (χ1) is 15.2. The standard InChI is InChI=1S/C23H38N4O5/c1-23(2,3)32-22(30)27-19(20(28)25-15-9-8-14-24-4)13-10-16-26-21(29)31-17-18-11-6-5-7-12-18/h5-7,11-12,19,24H,8-10,13-17H2,1-4H3,(H,25,28)(H,26,29)(H,27,30). The number of unbranched alkanes of at least 4 members (excludes halogenated alkanes) is 1. The first kappa shape index (κ1) is 27.2. The molecule has 0 aliphatic heterocycles. The lowest BCUT2D eigenvalue weighted by Gasteiger charge is -2.23. The van der Waals surface area contributed by atoms with Crippen molar-refractivity contribution in [2.24, 2.45) is 0 Å². The van der Waals surface area contributed by atoms with Gasteiger partial charge >= 0.3 is 12.2 Å². The third-order valence-electron chi connectivity index (χ3n) is 4.31. The number of amides is 3. The van der Waals surface area contributed by atoms with Crippen molar-refractivity contribution in [1.82, 2.24) is 21.3 Å². The van der Waals surface area contributed by atoms with Gasteiger partial charge in [0.15, 0.2) is 0 Å². The lowest BCUT2D eigenvalue weighted by atomic mass is 10.1. The van der Waals surface area contributed by atoms with Gasteiger partial charge in [0.25, 0.3) is 0 Å². The number of benzene rings is 1. The molecule has 1 aromatic carbocycles. The molecular formula is C23H38N4O5. The minimum absolute atomic E-state index is 0.186. The summed E-state index contributed by atoms with van der Waals surface area (Å²) < 4.78 is 10.4. The Bertz CT molecular complexity index is 691. The van der Waals surface area contributed by atoms with E-state index in [1.54, 1.807) is 20.8 Å². The van der Waals surface area contributed by atoms with E-state index in [4.69, 9.17) is 9.47 Å². The highest BCUT2D eigenvalue weighted by atomic mass is 16.6. The minimum Gasteiger partial charge on any atom is -0.445 e. The smallest absolute Gasteiger partial charge is 0.408 e. The summed E-state index contributed by atoms with van der Waals surface area (Å²) in [6.07, 6.45) is 1.42. The number of ether oxygens (including phenoxy) is 2. The van der Waals surface area contributed by atoms with Crippen LogP contribution in [-0.2, 0) is 20.9 Å². The molecule has 0 saturated heterocycles. The quantitative estimate of drug-likeness (QED) is 0.343. The molecule has 0 heterocycles. The minimum atomic E-state index is -0.753. The zero-order valence-corrected chi connectivity index (χ0v) is 19.7. The topological polar surface area (TPSA) is 118 Å². The monoisotopic (exact) mass is 450 g/mol. The van der Waals surface area contributed by atoms with Gasteiger partial charge in [-0.3, -0.25) is 4.79 Å². The molecule has 0 saturated carbocycles. The molecule has 1 aromatic rings. The fourth-order valence-electron chi connectivity index (χ4n) is 2.75. The summed E-state index contributed by atoms with van der Waals surface area (Å²) >= 11 is 0. The summed E-state index contributed by atoms with van der Waals surface area (Å²) in [6.45, 7) is 7.18. The molecule has 0 spiro atoms. The molecule has 32 heavy (non-hydrogen) atoms. The van der Waals surface area contributed by atoms with Gasteiger partial charge in [0.05, 0.1) is 0 Å². The van der Waals surface area contributed by atoms with E-state index in [1.165, 1.54) is 0 Å². The van der Waals surface area contributed by atoms with Crippen LogP contribution in [0, 0.1) is 0 Å². The number of nitrogens with one attached hydrogen (secondary N) is 4. The van der Waals surface area contributed by atoms with Crippen molar-refractivity contribution < 1.29 is 23.9 Å². The van der Waals surface area contributed by atoms with E-state index in [9.17, 15) is 14.4 Å². The maximum absolute atomic E-state index is 12.6. The predicted molar refractivity (Wildman–Crippen MR) is 123 cm³/mol. The van der Waals surface area contributed by atoms with Gasteiger partial charge in [0, 0.05) is 13.1 Å². The van der Waals surface area contributed by atoms with Crippen LogP contribution < -0.4 is 21.3 Å².